The largest absolute Gasteiger partial charge is 0.322 e. The van der Waals surface area contributed by atoms with E-state index in [0.717, 1.165) is 5.56 Å². The van der Waals surface area contributed by atoms with Crippen molar-refractivity contribution in [2.45, 2.75) is 18.7 Å². The van der Waals surface area contributed by atoms with Crippen molar-refractivity contribution in [1.29, 1.82) is 0 Å². The van der Waals surface area contributed by atoms with E-state index in [1.807, 2.05) is 6.92 Å². The average Bonchev–Trinajstić information content (AvgIpc) is 2.39. The molecule has 0 bridgehead atoms. The number of hydrogen-bond acceptors (Lipinski definition) is 4. The lowest BCUT2D eigenvalue weighted by Gasteiger charge is -2.11. The van der Waals surface area contributed by atoms with Crippen LogP contribution in [0.3, 0.4) is 0 Å². The second-order valence-electron chi connectivity index (χ2n) is 4.68. The summed E-state index contributed by atoms with van der Waals surface area (Å²) in [6, 6.07) is 6.23. The van der Waals surface area contributed by atoms with Gasteiger partial charge in [0.25, 0.3) is 5.91 Å². The molecule has 3 N–H and O–H groups in total. The van der Waals surface area contributed by atoms with Crippen molar-refractivity contribution >= 4 is 21.6 Å². The fourth-order valence-electron chi connectivity index (χ4n) is 1.93. The van der Waals surface area contributed by atoms with Gasteiger partial charge in [-0.25, -0.2) is 13.6 Å². The van der Waals surface area contributed by atoms with Crippen molar-refractivity contribution in [3.63, 3.8) is 0 Å². The number of benzene rings is 1. The first-order valence-electron chi connectivity index (χ1n) is 6.14. The van der Waals surface area contributed by atoms with E-state index in [1.54, 1.807) is 25.3 Å². The van der Waals surface area contributed by atoms with Crippen molar-refractivity contribution in [1.82, 2.24) is 4.98 Å². The number of rotatable bonds is 3. The lowest BCUT2D eigenvalue weighted by molar-refractivity contribution is 0.102. The van der Waals surface area contributed by atoms with Crippen LogP contribution in [0.5, 0.6) is 0 Å². The van der Waals surface area contributed by atoms with Crippen molar-refractivity contribution < 1.29 is 13.2 Å². The summed E-state index contributed by atoms with van der Waals surface area (Å²) >= 11 is 0. The molecule has 0 saturated carbocycles. The van der Waals surface area contributed by atoms with Crippen LogP contribution >= 0.6 is 0 Å². The lowest BCUT2D eigenvalue weighted by atomic mass is 10.1. The number of amides is 1. The normalized spacial score (nSPS) is 11.2. The number of nitrogens with zero attached hydrogens (tertiary/aromatic N) is 1. The molecule has 2 rings (SSSR count). The molecule has 2 aromatic rings. The van der Waals surface area contributed by atoms with Crippen LogP contribution in [-0.4, -0.2) is 19.3 Å². The third-order valence-electron chi connectivity index (χ3n) is 2.98. The SMILES string of the molecule is Cc1cncc(C(=O)Nc2cccc(S(N)(=O)=O)c2C)c1. The summed E-state index contributed by atoms with van der Waals surface area (Å²) in [5.74, 6) is -0.360. The summed E-state index contributed by atoms with van der Waals surface area (Å²) in [5, 5.41) is 7.81. The number of hydrogen-bond donors (Lipinski definition) is 2. The van der Waals surface area contributed by atoms with E-state index in [9.17, 15) is 13.2 Å². The van der Waals surface area contributed by atoms with E-state index in [1.165, 1.54) is 18.3 Å². The molecule has 6 nitrogen and oxygen atoms in total. The highest BCUT2D eigenvalue weighted by Crippen LogP contribution is 2.22. The zero-order valence-corrected chi connectivity index (χ0v) is 12.4. The number of pyridine rings is 1. The Balaban J connectivity index is 2.35. The van der Waals surface area contributed by atoms with Gasteiger partial charge in [-0.05, 0) is 43.2 Å². The Kier molecular flexibility index (Phi) is 4.06. The summed E-state index contributed by atoms with van der Waals surface area (Å²) < 4.78 is 22.9. The summed E-state index contributed by atoms with van der Waals surface area (Å²) in [5.41, 5.74) is 2.05. The zero-order chi connectivity index (χ0) is 15.6. The van der Waals surface area contributed by atoms with E-state index in [2.05, 4.69) is 10.3 Å². The van der Waals surface area contributed by atoms with Gasteiger partial charge in [-0.3, -0.25) is 9.78 Å². The van der Waals surface area contributed by atoms with Crippen LogP contribution in [0.25, 0.3) is 0 Å². The molecule has 7 heteroatoms. The maximum atomic E-state index is 12.1. The minimum Gasteiger partial charge on any atom is -0.322 e. The molecule has 21 heavy (non-hydrogen) atoms. The van der Waals surface area contributed by atoms with Gasteiger partial charge in [0.2, 0.25) is 10.0 Å². The molecule has 0 aliphatic carbocycles. The van der Waals surface area contributed by atoms with Crippen molar-refractivity contribution in [2.75, 3.05) is 5.32 Å². The van der Waals surface area contributed by atoms with Gasteiger partial charge in [0.1, 0.15) is 0 Å². The summed E-state index contributed by atoms with van der Waals surface area (Å²) in [6.45, 7) is 3.42. The smallest absolute Gasteiger partial charge is 0.257 e. The van der Waals surface area contributed by atoms with E-state index in [4.69, 9.17) is 5.14 Å². The number of carbonyl (C=O) groups is 1. The molecular weight excluding hydrogens is 290 g/mol. The molecule has 0 spiro atoms. The molecular formula is C14H15N3O3S. The van der Waals surface area contributed by atoms with Gasteiger partial charge < -0.3 is 5.32 Å². The Labute approximate surface area is 123 Å². The Morgan fingerprint density at radius 3 is 2.57 bits per heavy atom. The van der Waals surface area contributed by atoms with Crippen LogP contribution in [0.15, 0.2) is 41.6 Å². The summed E-state index contributed by atoms with van der Waals surface area (Å²) in [4.78, 5) is 16.1. The van der Waals surface area contributed by atoms with E-state index in [0.29, 0.717) is 16.8 Å². The lowest BCUT2D eigenvalue weighted by Crippen LogP contribution is -2.17. The van der Waals surface area contributed by atoms with Crippen LogP contribution in [-0.2, 0) is 10.0 Å². The molecule has 1 heterocycles. The predicted octanol–water partition coefficient (Wildman–Crippen LogP) is 1.60. The first-order valence-corrected chi connectivity index (χ1v) is 7.69. The molecule has 1 aromatic heterocycles. The van der Waals surface area contributed by atoms with Gasteiger partial charge in [0.05, 0.1) is 10.5 Å². The molecule has 1 amide bonds. The van der Waals surface area contributed by atoms with Crippen LogP contribution in [0.4, 0.5) is 5.69 Å². The van der Waals surface area contributed by atoms with Crippen LogP contribution in [0.2, 0.25) is 0 Å². The maximum absolute atomic E-state index is 12.1. The number of anilines is 1. The fourth-order valence-corrected chi connectivity index (χ4v) is 2.74. The second kappa shape index (κ2) is 5.63. The van der Waals surface area contributed by atoms with Crippen molar-refractivity contribution in [2.24, 2.45) is 5.14 Å². The number of aryl methyl sites for hydroxylation is 1. The first-order chi connectivity index (χ1) is 9.79. The van der Waals surface area contributed by atoms with Gasteiger partial charge in [0, 0.05) is 18.1 Å². The molecule has 0 saturated heterocycles. The molecule has 1 aromatic carbocycles. The van der Waals surface area contributed by atoms with Gasteiger partial charge in [-0.2, -0.15) is 0 Å². The summed E-state index contributed by atoms with van der Waals surface area (Å²) in [7, 11) is -3.83. The molecule has 0 unspecified atom stereocenters. The monoisotopic (exact) mass is 305 g/mol. The molecule has 0 aliphatic heterocycles. The fraction of sp³-hybridized carbons (Fsp3) is 0.143. The van der Waals surface area contributed by atoms with E-state index in [-0.39, 0.29) is 10.8 Å². The van der Waals surface area contributed by atoms with E-state index >= 15 is 0 Å². The number of primary sulfonamides is 1. The van der Waals surface area contributed by atoms with Crippen LogP contribution < -0.4 is 10.5 Å². The number of sulfonamides is 1. The number of nitrogens with one attached hydrogen (secondary N) is 1. The van der Waals surface area contributed by atoms with Crippen molar-refractivity contribution in [3.05, 3.63) is 53.3 Å². The number of aromatic nitrogens is 1. The van der Waals surface area contributed by atoms with Crippen LogP contribution in [0, 0.1) is 13.8 Å². The Morgan fingerprint density at radius 1 is 1.24 bits per heavy atom. The van der Waals surface area contributed by atoms with E-state index < -0.39 is 10.0 Å². The molecule has 0 aliphatic rings. The highest BCUT2D eigenvalue weighted by atomic mass is 32.2. The minimum absolute atomic E-state index is 0.0114. The number of nitrogens with two attached hydrogens (primary N) is 1. The van der Waals surface area contributed by atoms with Gasteiger partial charge in [0.15, 0.2) is 0 Å². The topological polar surface area (TPSA) is 102 Å². The summed E-state index contributed by atoms with van der Waals surface area (Å²) in [6.07, 6.45) is 3.09. The van der Waals surface area contributed by atoms with Gasteiger partial charge >= 0.3 is 0 Å². The Bertz CT molecular complexity index is 801. The quantitative estimate of drug-likeness (QED) is 0.899. The highest BCUT2D eigenvalue weighted by Gasteiger charge is 2.15. The molecule has 0 atom stereocenters. The maximum Gasteiger partial charge on any atom is 0.257 e. The molecule has 110 valence electrons. The highest BCUT2D eigenvalue weighted by molar-refractivity contribution is 7.89. The van der Waals surface area contributed by atoms with Gasteiger partial charge in [-0.15, -0.1) is 0 Å². The van der Waals surface area contributed by atoms with Gasteiger partial charge in [-0.1, -0.05) is 6.07 Å². The average molecular weight is 305 g/mol. The molecule has 0 radical (unpaired) electrons. The number of carbonyl (C=O) groups excluding carboxylic acids is 1. The van der Waals surface area contributed by atoms with Crippen LogP contribution in [0.1, 0.15) is 21.5 Å². The third kappa shape index (κ3) is 3.45. The first kappa shape index (κ1) is 15.1. The third-order valence-corrected chi connectivity index (χ3v) is 4.03. The minimum atomic E-state index is -3.83. The van der Waals surface area contributed by atoms with Crippen molar-refractivity contribution in [3.8, 4) is 0 Å². The standard InChI is InChI=1S/C14H15N3O3S/c1-9-6-11(8-16-7-9)14(18)17-12-4-3-5-13(10(12)2)21(15,19)20/h3-8H,1-2H3,(H,17,18)(H2,15,19,20). The predicted molar refractivity (Wildman–Crippen MR) is 79.5 cm³/mol. The molecule has 0 fully saturated rings. The Morgan fingerprint density at radius 2 is 1.95 bits per heavy atom. The zero-order valence-electron chi connectivity index (χ0n) is 11.6. The Hall–Kier alpha value is -2.25. The second-order valence-corrected chi connectivity index (χ2v) is 6.21.